The van der Waals surface area contributed by atoms with E-state index in [4.69, 9.17) is 9.47 Å². The standard InChI is InChI=1S/C11H16N2O2/c1-8-6-15-7-10(13-8)9-3-4-11(14-2)12-5-9/h3-5,8,10,13H,6-7H2,1-2H3. The second-order valence-electron chi connectivity index (χ2n) is 3.79. The van der Waals surface area contributed by atoms with Gasteiger partial charge in [0.25, 0.3) is 0 Å². The van der Waals surface area contributed by atoms with E-state index in [0.29, 0.717) is 18.5 Å². The number of methoxy groups -OCH3 is 1. The third-order valence-electron chi connectivity index (χ3n) is 2.51. The molecule has 1 N–H and O–H groups in total. The molecule has 1 fully saturated rings. The molecule has 0 radical (unpaired) electrons. The predicted molar refractivity (Wildman–Crippen MR) is 56.9 cm³/mol. The van der Waals surface area contributed by atoms with Gasteiger partial charge in [-0.2, -0.15) is 0 Å². The first-order valence-corrected chi connectivity index (χ1v) is 5.13. The Labute approximate surface area is 89.6 Å². The molecule has 4 heteroatoms. The summed E-state index contributed by atoms with van der Waals surface area (Å²) in [7, 11) is 1.62. The smallest absolute Gasteiger partial charge is 0.212 e. The second kappa shape index (κ2) is 4.59. The molecule has 2 rings (SSSR count). The lowest BCUT2D eigenvalue weighted by Gasteiger charge is -2.29. The molecule has 1 saturated heterocycles. The highest BCUT2D eigenvalue weighted by Gasteiger charge is 2.19. The molecule has 0 bridgehead atoms. The molecule has 2 atom stereocenters. The lowest BCUT2D eigenvalue weighted by atomic mass is 10.1. The molecule has 0 spiro atoms. The number of hydrogen-bond donors (Lipinski definition) is 1. The van der Waals surface area contributed by atoms with Crippen LogP contribution in [0.4, 0.5) is 0 Å². The number of aromatic nitrogens is 1. The Morgan fingerprint density at radius 3 is 2.93 bits per heavy atom. The predicted octanol–water partition coefficient (Wildman–Crippen LogP) is 1.14. The van der Waals surface area contributed by atoms with Crippen molar-refractivity contribution in [1.29, 1.82) is 0 Å². The number of nitrogens with zero attached hydrogens (tertiary/aromatic N) is 1. The van der Waals surface area contributed by atoms with Gasteiger partial charge in [0.05, 0.1) is 26.4 Å². The third kappa shape index (κ3) is 2.46. The maximum absolute atomic E-state index is 5.48. The number of nitrogens with one attached hydrogen (secondary N) is 1. The van der Waals surface area contributed by atoms with E-state index in [1.54, 1.807) is 7.11 Å². The van der Waals surface area contributed by atoms with Crippen LogP contribution in [0.5, 0.6) is 5.88 Å². The van der Waals surface area contributed by atoms with Crippen LogP contribution in [-0.2, 0) is 4.74 Å². The van der Waals surface area contributed by atoms with E-state index in [2.05, 4.69) is 17.2 Å². The second-order valence-corrected chi connectivity index (χ2v) is 3.79. The lowest BCUT2D eigenvalue weighted by Crippen LogP contribution is -2.41. The summed E-state index contributed by atoms with van der Waals surface area (Å²) in [5.74, 6) is 0.642. The Morgan fingerprint density at radius 2 is 2.33 bits per heavy atom. The Balaban J connectivity index is 2.07. The van der Waals surface area contributed by atoms with Gasteiger partial charge in [-0.25, -0.2) is 4.98 Å². The van der Waals surface area contributed by atoms with Crippen LogP contribution in [0.15, 0.2) is 18.3 Å². The van der Waals surface area contributed by atoms with Crippen LogP contribution >= 0.6 is 0 Å². The number of rotatable bonds is 2. The summed E-state index contributed by atoms with van der Waals surface area (Å²) in [6.45, 7) is 3.60. The molecule has 1 aromatic heterocycles. The maximum atomic E-state index is 5.48. The van der Waals surface area contributed by atoms with Crippen LogP contribution < -0.4 is 10.1 Å². The molecule has 1 aliphatic rings. The highest BCUT2D eigenvalue weighted by molar-refractivity contribution is 5.21. The highest BCUT2D eigenvalue weighted by Crippen LogP contribution is 2.18. The summed E-state index contributed by atoms with van der Waals surface area (Å²) < 4.78 is 10.5. The number of morpholine rings is 1. The van der Waals surface area contributed by atoms with Gasteiger partial charge >= 0.3 is 0 Å². The van der Waals surface area contributed by atoms with E-state index in [-0.39, 0.29) is 6.04 Å². The Bertz CT molecular complexity index is 313. The minimum Gasteiger partial charge on any atom is -0.481 e. The summed E-state index contributed by atoms with van der Waals surface area (Å²) in [6, 6.07) is 4.53. The Kier molecular flexibility index (Phi) is 3.18. The zero-order valence-electron chi connectivity index (χ0n) is 9.06. The van der Waals surface area contributed by atoms with E-state index < -0.39 is 0 Å². The summed E-state index contributed by atoms with van der Waals surface area (Å²) in [5, 5.41) is 3.46. The third-order valence-corrected chi connectivity index (χ3v) is 2.51. The fourth-order valence-corrected chi connectivity index (χ4v) is 1.71. The van der Waals surface area contributed by atoms with Gasteiger partial charge in [-0.1, -0.05) is 6.07 Å². The first-order valence-electron chi connectivity index (χ1n) is 5.13. The van der Waals surface area contributed by atoms with Gasteiger partial charge in [0, 0.05) is 18.3 Å². The molecule has 82 valence electrons. The van der Waals surface area contributed by atoms with Crippen molar-refractivity contribution < 1.29 is 9.47 Å². The van der Waals surface area contributed by atoms with Gasteiger partial charge < -0.3 is 14.8 Å². The summed E-state index contributed by atoms with van der Waals surface area (Å²) in [4.78, 5) is 4.18. The topological polar surface area (TPSA) is 43.4 Å². The fourth-order valence-electron chi connectivity index (χ4n) is 1.71. The van der Waals surface area contributed by atoms with Crippen LogP contribution in [0.3, 0.4) is 0 Å². The Hall–Kier alpha value is -1.13. The monoisotopic (exact) mass is 208 g/mol. The molecule has 4 nitrogen and oxygen atoms in total. The first kappa shape index (κ1) is 10.4. The van der Waals surface area contributed by atoms with Crippen molar-refractivity contribution in [2.24, 2.45) is 0 Å². The summed E-state index contributed by atoms with van der Waals surface area (Å²) in [6.07, 6.45) is 1.83. The molecule has 1 aromatic rings. The number of hydrogen-bond acceptors (Lipinski definition) is 4. The average Bonchev–Trinajstić information content (AvgIpc) is 2.29. The van der Waals surface area contributed by atoms with Gasteiger partial charge in [0.15, 0.2) is 0 Å². The first-order chi connectivity index (χ1) is 7.29. The van der Waals surface area contributed by atoms with Crippen molar-refractivity contribution in [2.45, 2.75) is 19.0 Å². The zero-order chi connectivity index (χ0) is 10.7. The minimum absolute atomic E-state index is 0.243. The molecule has 2 heterocycles. The van der Waals surface area contributed by atoms with Gasteiger partial charge in [-0.15, -0.1) is 0 Å². The van der Waals surface area contributed by atoms with Gasteiger partial charge in [-0.05, 0) is 12.5 Å². The van der Waals surface area contributed by atoms with Crippen molar-refractivity contribution in [3.05, 3.63) is 23.9 Å². The molecule has 0 saturated carbocycles. The van der Waals surface area contributed by atoms with Crippen molar-refractivity contribution in [3.8, 4) is 5.88 Å². The minimum atomic E-state index is 0.243. The highest BCUT2D eigenvalue weighted by atomic mass is 16.5. The van der Waals surface area contributed by atoms with E-state index in [0.717, 1.165) is 12.2 Å². The quantitative estimate of drug-likeness (QED) is 0.791. The van der Waals surface area contributed by atoms with Crippen LogP contribution in [0.2, 0.25) is 0 Å². The van der Waals surface area contributed by atoms with Crippen molar-refractivity contribution in [1.82, 2.24) is 10.3 Å². The van der Waals surface area contributed by atoms with E-state index in [1.807, 2.05) is 18.3 Å². The molecule has 2 unspecified atom stereocenters. The number of ether oxygens (including phenoxy) is 2. The van der Waals surface area contributed by atoms with Gasteiger partial charge in [0.2, 0.25) is 5.88 Å². The number of pyridine rings is 1. The molecule has 15 heavy (non-hydrogen) atoms. The molecule has 0 aromatic carbocycles. The molecule has 0 amide bonds. The largest absolute Gasteiger partial charge is 0.481 e. The maximum Gasteiger partial charge on any atom is 0.212 e. The molecule has 0 aliphatic carbocycles. The normalized spacial score (nSPS) is 26.3. The molecular formula is C11H16N2O2. The van der Waals surface area contributed by atoms with Crippen LogP contribution in [0.25, 0.3) is 0 Å². The lowest BCUT2D eigenvalue weighted by molar-refractivity contribution is 0.0503. The van der Waals surface area contributed by atoms with Crippen molar-refractivity contribution in [2.75, 3.05) is 20.3 Å². The van der Waals surface area contributed by atoms with Crippen molar-refractivity contribution >= 4 is 0 Å². The molecular weight excluding hydrogens is 192 g/mol. The summed E-state index contributed by atoms with van der Waals surface area (Å²) in [5.41, 5.74) is 1.14. The van der Waals surface area contributed by atoms with E-state index in [9.17, 15) is 0 Å². The Morgan fingerprint density at radius 1 is 1.47 bits per heavy atom. The molecule has 1 aliphatic heterocycles. The summed E-state index contributed by atoms with van der Waals surface area (Å²) >= 11 is 0. The van der Waals surface area contributed by atoms with Crippen LogP contribution in [-0.4, -0.2) is 31.3 Å². The van der Waals surface area contributed by atoms with Gasteiger partial charge in [0.1, 0.15) is 0 Å². The fraction of sp³-hybridized carbons (Fsp3) is 0.545. The van der Waals surface area contributed by atoms with E-state index in [1.165, 1.54) is 0 Å². The van der Waals surface area contributed by atoms with E-state index >= 15 is 0 Å². The van der Waals surface area contributed by atoms with Gasteiger partial charge in [-0.3, -0.25) is 0 Å². The van der Waals surface area contributed by atoms with Crippen LogP contribution in [0, 0.1) is 0 Å². The van der Waals surface area contributed by atoms with Crippen molar-refractivity contribution in [3.63, 3.8) is 0 Å². The van der Waals surface area contributed by atoms with Crippen LogP contribution in [0.1, 0.15) is 18.5 Å². The average molecular weight is 208 g/mol. The zero-order valence-corrected chi connectivity index (χ0v) is 9.06. The SMILES string of the molecule is COc1ccc(C2COCC(C)N2)cn1.